The largest absolute Gasteiger partial charge is 0.504 e. The number of carbonyl (C=O) groups is 2. The van der Waals surface area contributed by atoms with E-state index >= 15 is 0 Å². The number of hydrogen-bond donors (Lipinski definition) is 4. The van der Waals surface area contributed by atoms with E-state index in [1.807, 2.05) is 0 Å². The summed E-state index contributed by atoms with van der Waals surface area (Å²) in [6.07, 6.45) is -6.65. The lowest BCUT2D eigenvalue weighted by Crippen LogP contribution is -2.58. The van der Waals surface area contributed by atoms with Gasteiger partial charge in [0.2, 0.25) is 5.75 Å². The minimum absolute atomic E-state index is 0.0559. The molecule has 10 nitrogen and oxygen atoms in total. The third-order valence-electron chi connectivity index (χ3n) is 4.36. The number of benzene rings is 1. The second-order valence-corrected chi connectivity index (χ2v) is 5.99. The van der Waals surface area contributed by atoms with Crippen molar-refractivity contribution in [2.75, 3.05) is 13.7 Å². The number of aliphatic hydroxyl groups excluding tert-OH is 2. The predicted octanol–water partition coefficient (Wildman–Crippen LogP) is -0.630. The van der Waals surface area contributed by atoms with Crippen LogP contribution in [0, 0.1) is 0 Å². The number of phenolic OH excluding ortho intramolecular Hbond substituents is 2. The van der Waals surface area contributed by atoms with Gasteiger partial charge in [0.15, 0.2) is 17.6 Å². The molecule has 1 aromatic rings. The first-order chi connectivity index (χ1) is 12.3. The Morgan fingerprint density at radius 3 is 2.58 bits per heavy atom. The molecule has 0 spiro atoms. The van der Waals surface area contributed by atoms with Gasteiger partial charge in [-0.05, 0) is 6.07 Å². The highest BCUT2D eigenvalue weighted by Crippen LogP contribution is 2.49. The summed E-state index contributed by atoms with van der Waals surface area (Å²) in [7, 11) is 1.21. The molecule has 1 fully saturated rings. The lowest BCUT2D eigenvalue weighted by Gasteiger charge is -2.44. The fourth-order valence-electron chi connectivity index (χ4n) is 3.14. The molecule has 1 saturated heterocycles. The molecule has 1 aromatic carbocycles. The summed E-state index contributed by atoms with van der Waals surface area (Å²) < 4.78 is 20.5. The van der Waals surface area contributed by atoms with Gasteiger partial charge in [0.25, 0.3) is 0 Å². The van der Waals surface area contributed by atoms with E-state index in [1.165, 1.54) is 14.0 Å². The highest BCUT2D eigenvalue weighted by Gasteiger charge is 2.52. The molecule has 4 N–H and O–H groups in total. The number of aliphatic hydroxyl groups is 2. The second-order valence-electron chi connectivity index (χ2n) is 5.99. The van der Waals surface area contributed by atoms with Gasteiger partial charge in [-0.25, -0.2) is 4.79 Å². The number of hydrogen-bond acceptors (Lipinski definition) is 10. The number of carbonyl (C=O) groups excluding carboxylic acids is 2. The zero-order valence-corrected chi connectivity index (χ0v) is 13.9. The molecule has 142 valence electrons. The summed E-state index contributed by atoms with van der Waals surface area (Å²) in [6.45, 7) is 0.821. The number of methoxy groups -OCH3 is 1. The van der Waals surface area contributed by atoms with Gasteiger partial charge in [0.05, 0.1) is 12.7 Å². The van der Waals surface area contributed by atoms with E-state index in [0.717, 1.165) is 6.07 Å². The molecule has 26 heavy (non-hydrogen) atoms. The predicted molar refractivity (Wildman–Crippen MR) is 81.8 cm³/mol. The Hall–Kier alpha value is -2.56. The van der Waals surface area contributed by atoms with Gasteiger partial charge in [-0.15, -0.1) is 0 Å². The van der Waals surface area contributed by atoms with Crippen LogP contribution in [0.25, 0.3) is 0 Å². The Labute approximate surface area is 147 Å². The van der Waals surface area contributed by atoms with Crippen LogP contribution in [-0.2, 0) is 19.0 Å². The first-order valence-electron chi connectivity index (χ1n) is 7.75. The maximum absolute atomic E-state index is 12.2. The van der Waals surface area contributed by atoms with E-state index in [2.05, 4.69) is 0 Å². The maximum Gasteiger partial charge on any atom is 0.339 e. The molecular formula is C16H18O10. The van der Waals surface area contributed by atoms with E-state index in [-0.39, 0.29) is 23.5 Å². The van der Waals surface area contributed by atoms with Gasteiger partial charge in [0.1, 0.15) is 31.0 Å². The van der Waals surface area contributed by atoms with Crippen LogP contribution in [0.15, 0.2) is 6.07 Å². The third kappa shape index (κ3) is 2.81. The standard InChI is InChI=1S/C16H18O10/c1-5(17)24-4-8-10(19)12(21)15-14(25-8)9-6(16(22)26-15)3-7(18)13(23-2)11(9)20/h3,8,10,12,14-15,18-21H,4H2,1-2H3/t8-,10-,12+,14+,15-/m1/s1. The number of phenols is 2. The fraction of sp³-hybridized carbons (Fsp3) is 0.500. The van der Waals surface area contributed by atoms with Crippen LogP contribution in [0.1, 0.15) is 28.9 Å². The van der Waals surface area contributed by atoms with Crippen molar-refractivity contribution in [3.8, 4) is 17.2 Å². The molecule has 2 aliphatic rings. The van der Waals surface area contributed by atoms with Crippen LogP contribution in [-0.4, -0.2) is 70.5 Å². The summed E-state index contributed by atoms with van der Waals surface area (Å²) in [4.78, 5) is 23.2. The minimum Gasteiger partial charge on any atom is -0.504 e. The van der Waals surface area contributed by atoms with Gasteiger partial charge < -0.3 is 39.4 Å². The van der Waals surface area contributed by atoms with Gasteiger partial charge >= 0.3 is 11.9 Å². The molecule has 0 aliphatic carbocycles. The normalized spacial score (nSPS) is 30.0. The van der Waals surface area contributed by atoms with Gasteiger partial charge in [-0.2, -0.15) is 0 Å². The average molecular weight is 370 g/mol. The van der Waals surface area contributed by atoms with Crippen molar-refractivity contribution < 1.29 is 49.0 Å². The molecule has 0 saturated carbocycles. The van der Waals surface area contributed by atoms with Crippen molar-refractivity contribution >= 4 is 11.9 Å². The van der Waals surface area contributed by atoms with Crippen LogP contribution in [0.2, 0.25) is 0 Å². The number of rotatable bonds is 3. The highest BCUT2D eigenvalue weighted by molar-refractivity contribution is 5.95. The fourth-order valence-corrected chi connectivity index (χ4v) is 3.14. The van der Waals surface area contributed by atoms with Crippen molar-refractivity contribution in [3.05, 3.63) is 17.2 Å². The Morgan fingerprint density at radius 2 is 1.96 bits per heavy atom. The van der Waals surface area contributed by atoms with Crippen LogP contribution in [0.3, 0.4) is 0 Å². The zero-order valence-electron chi connectivity index (χ0n) is 13.9. The molecule has 0 unspecified atom stereocenters. The first kappa shape index (κ1) is 18.2. The summed E-state index contributed by atoms with van der Waals surface area (Å²) in [6, 6.07) is 1.05. The lowest BCUT2D eigenvalue weighted by molar-refractivity contribution is -0.237. The molecular weight excluding hydrogens is 352 g/mol. The van der Waals surface area contributed by atoms with Crippen molar-refractivity contribution in [1.29, 1.82) is 0 Å². The number of ether oxygens (including phenoxy) is 4. The highest BCUT2D eigenvalue weighted by atomic mass is 16.6. The molecule has 0 bridgehead atoms. The van der Waals surface area contributed by atoms with Crippen LogP contribution in [0.5, 0.6) is 17.2 Å². The van der Waals surface area contributed by atoms with Crippen molar-refractivity contribution in [1.82, 2.24) is 0 Å². The molecule has 3 rings (SSSR count). The molecule has 5 atom stereocenters. The monoisotopic (exact) mass is 370 g/mol. The second kappa shape index (κ2) is 6.63. The van der Waals surface area contributed by atoms with E-state index in [4.69, 9.17) is 18.9 Å². The molecule has 0 amide bonds. The minimum atomic E-state index is -1.55. The van der Waals surface area contributed by atoms with Crippen LogP contribution in [0.4, 0.5) is 0 Å². The number of aromatic hydroxyl groups is 2. The molecule has 2 heterocycles. The molecule has 0 aromatic heterocycles. The Bertz CT molecular complexity index is 745. The van der Waals surface area contributed by atoms with Crippen LogP contribution >= 0.6 is 0 Å². The average Bonchev–Trinajstić information content (AvgIpc) is 2.58. The molecule has 0 radical (unpaired) electrons. The third-order valence-corrected chi connectivity index (χ3v) is 4.36. The summed E-state index contributed by atoms with van der Waals surface area (Å²) in [5, 5.41) is 40.8. The quantitative estimate of drug-likeness (QED) is 0.506. The maximum atomic E-state index is 12.2. The Morgan fingerprint density at radius 1 is 1.27 bits per heavy atom. The smallest absolute Gasteiger partial charge is 0.339 e. The van der Waals surface area contributed by atoms with Gasteiger partial charge in [-0.1, -0.05) is 0 Å². The Kier molecular flexibility index (Phi) is 4.65. The van der Waals surface area contributed by atoms with Gasteiger partial charge in [-0.3, -0.25) is 4.79 Å². The Balaban J connectivity index is 2.04. The zero-order chi connectivity index (χ0) is 19.2. The van der Waals surface area contributed by atoms with Gasteiger partial charge in [0, 0.05) is 12.5 Å². The number of esters is 2. The SMILES string of the molecule is COc1c(O)cc2c(c1O)[C@@H]1O[C@H](COC(C)=O)[C@@H](O)[C@H](O)[C@H]1OC2=O. The van der Waals surface area contributed by atoms with Crippen molar-refractivity contribution in [2.24, 2.45) is 0 Å². The van der Waals surface area contributed by atoms with Crippen LogP contribution < -0.4 is 4.74 Å². The van der Waals surface area contributed by atoms with E-state index in [9.17, 15) is 30.0 Å². The summed E-state index contributed by atoms with van der Waals surface area (Å²) in [5.74, 6) is -2.83. The van der Waals surface area contributed by atoms with E-state index in [1.54, 1.807) is 0 Å². The number of fused-ring (bicyclic) bond motifs is 3. The van der Waals surface area contributed by atoms with E-state index in [0.29, 0.717) is 0 Å². The lowest BCUT2D eigenvalue weighted by atomic mass is 9.86. The summed E-state index contributed by atoms with van der Waals surface area (Å²) >= 11 is 0. The topological polar surface area (TPSA) is 152 Å². The molecule has 10 heteroatoms. The van der Waals surface area contributed by atoms with E-state index < -0.39 is 54.0 Å². The van der Waals surface area contributed by atoms with Crippen molar-refractivity contribution in [3.63, 3.8) is 0 Å². The summed E-state index contributed by atoms with van der Waals surface area (Å²) in [5.41, 5.74) is -0.225. The first-order valence-corrected chi connectivity index (χ1v) is 7.75. The molecule has 2 aliphatic heterocycles. The van der Waals surface area contributed by atoms with Crippen molar-refractivity contribution in [2.45, 2.75) is 37.4 Å².